The smallest absolute Gasteiger partial charge is 0.288 e. The lowest BCUT2D eigenvalue weighted by Crippen LogP contribution is -2.42. The zero-order valence-electron chi connectivity index (χ0n) is 16.2. The number of pyridine rings is 1. The molecule has 4 aromatic rings. The first-order valence-electron chi connectivity index (χ1n) is 9.34. The first-order chi connectivity index (χ1) is 15.1. The van der Waals surface area contributed by atoms with E-state index < -0.39 is 11.8 Å². The van der Waals surface area contributed by atoms with Gasteiger partial charge < -0.3 is 0 Å². The van der Waals surface area contributed by atoms with Gasteiger partial charge in [-0.3, -0.25) is 30.6 Å². The van der Waals surface area contributed by atoms with Gasteiger partial charge in [0.25, 0.3) is 11.8 Å². The second-order valence-corrected chi connectivity index (χ2v) is 7.39. The fourth-order valence-electron chi connectivity index (χ4n) is 2.80. The molecule has 0 unspecified atom stereocenters. The van der Waals surface area contributed by atoms with Gasteiger partial charge in [-0.2, -0.15) is 0 Å². The molecule has 0 aliphatic heterocycles. The van der Waals surface area contributed by atoms with Crippen LogP contribution < -0.4 is 16.2 Å². The van der Waals surface area contributed by atoms with Gasteiger partial charge >= 0.3 is 0 Å². The van der Waals surface area contributed by atoms with Crippen LogP contribution >= 0.6 is 11.3 Å². The van der Waals surface area contributed by atoms with Crippen LogP contribution in [0, 0.1) is 0 Å². The summed E-state index contributed by atoms with van der Waals surface area (Å²) in [6, 6.07) is 19.6. The predicted octanol–water partition coefficient (Wildman–Crippen LogP) is 2.95. The van der Waals surface area contributed by atoms with Gasteiger partial charge in [0.1, 0.15) is 5.69 Å². The van der Waals surface area contributed by atoms with Crippen molar-refractivity contribution in [1.29, 1.82) is 0 Å². The van der Waals surface area contributed by atoms with Crippen LogP contribution in [0.3, 0.4) is 0 Å². The lowest BCUT2D eigenvalue weighted by Gasteiger charge is -2.07. The van der Waals surface area contributed by atoms with Gasteiger partial charge in [0.2, 0.25) is 5.91 Å². The Kier molecular flexibility index (Phi) is 5.95. The quantitative estimate of drug-likeness (QED) is 0.421. The molecule has 8 nitrogen and oxygen atoms in total. The maximum atomic E-state index is 12.3. The van der Waals surface area contributed by atoms with Crippen molar-refractivity contribution in [2.45, 2.75) is 6.42 Å². The summed E-state index contributed by atoms with van der Waals surface area (Å²) in [5.41, 5.74) is 6.57. The number of carbonyl (C=O) groups is 3. The van der Waals surface area contributed by atoms with E-state index in [-0.39, 0.29) is 18.0 Å². The highest BCUT2D eigenvalue weighted by Crippen LogP contribution is 2.17. The summed E-state index contributed by atoms with van der Waals surface area (Å²) in [7, 11) is 0. The van der Waals surface area contributed by atoms with Crippen LogP contribution in [0.25, 0.3) is 10.9 Å². The van der Waals surface area contributed by atoms with Crippen molar-refractivity contribution in [2.75, 3.05) is 5.32 Å². The molecule has 2 heterocycles. The predicted molar refractivity (Wildman–Crippen MR) is 118 cm³/mol. The third-order valence-corrected chi connectivity index (χ3v) is 5.10. The Balaban J connectivity index is 1.29. The van der Waals surface area contributed by atoms with E-state index in [2.05, 4.69) is 26.1 Å². The largest absolute Gasteiger partial charge is 0.298 e. The Morgan fingerprint density at radius 3 is 2.42 bits per heavy atom. The minimum Gasteiger partial charge on any atom is -0.298 e. The molecule has 31 heavy (non-hydrogen) atoms. The molecule has 2 aromatic heterocycles. The highest BCUT2D eigenvalue weighted by molar-refractivity contribution is 7.14. The van der Waals surface area contributed by atoms with Crippen molar-refractivity contribution >= 4 is 45.1 Å². The number of amides is 3. The molecule has 2 aromatic carbocycles. The minimum absolute atomic E-state index is 0.0524. The summed E-state index contributed by atoms with van der Waals surface area (Å²) in [6.45, 7) is 0. The van der Waals surface area contributed by atoms with Crippen LogP contribution in [0.5, 0.6) is 0 Å². The number of fused-ring (bicyclic) bond motifs is 1. The first-order valence-corrected chi connectivity index (χ1v) is 10.2. The second kappa shape index (κ2) is 9.14. The summed E-state index contributed by atoms with van der Waals surface area (Å²) >= 11 is 1.22. The van der Waals surface area contributed by atoms with Crippen molar-refractivity contribution in [3.63, 3.8) is 0 Å². The Hall–Kier alpha value is -4.11. The van der Waals surface area contributed by atoms with E-state index in [0.29, 0.717) is 21.9 Å². The average molecular weight is 431 g/mol. The Morgan fingerprint density at radius 2 is 1.58 bits per heavy atom. The van der Waals surface area contributed by atoms with E-state index in [4.69, 9.17) is 0 Å². The Bertz CT molecular complexity index is 1260. The molecule has 0 spiro atoms. The number of benzene rings is 2. The lowest BCUT2D eigenvalue weighted by molar-refractivity contribution is -0.121. The number of hydrogen-bond donors (Lipinski definition) is 3. The van der Waals surface area contributed by atoms with Crippen LogP contribution in [-0.4, -0.2) is 27.7 Å². The van der Waals surface area contributed by atoms with E-state index in [9.17, 15) is 14.4 Å². The molecule has 4 rings (SSSR count). The van der Waals surface area contributed by atoms with Gasteiger partial charge in [-0.1, -0.05) is 42.5 Å². The molecule has 0 aliphatic carbocycles. The molecule has 0 saturated carbocycles. The zero-order valence-corrected chi connectivity index (χ0v) is 17.0. The topological polar surface area (TPSA) is 113 Å². The Labute approximate surface area is 181 Å². The second-order valence-electron chi connectivity index (χ2n) is 6.53. The van der Waals surface area contributed by atoms with E-state index in [0.717, 1.165) is 5.39 Å². The van der Waals surface area contributed by atoms with Gasteiger partial charge in [0.15, 0.2) is 5.13 Å². The van der Waals surface area contributed by atoms with Crippen molar-refractivity contribution in [2.24, 2.45) is 0 Å². The lowest BCUT2D eigenvalue weighted by atomic mass is 10.2. The van der Waals surface area contributed by atoms with E-state index in [1.165, 1.54) is 11.3 Å². The third kappa shape index (κ3) is 5.09. The molecule has 3 N–H and O–H groups in total. The molecule has 0 fully saturated rings. The van der Waals surface area contributed by atoms with E-state index >= 15 is 0 Å². The maximum absolute atomic E-state index is 12.3. The number of hydrazine groups is 1. The molecule has 0 atom stereocenters. The molecular weight excluding hydrogens is 414 g/mol. The minimum atomic E-state index is -0.520. The molecule has 0 radical (unpaired) electrons. The number of thiazole rings is 1. The number of nitrogens with one attached hydrogen (secondary N) is 3. The summed E-state index contributed by atoms with van der Waals surface area (Å²) < 4.78 is 0. The highest BCUT2D eigenvalue weighted by atomic mass is 32.1. The number of carbonyl (C=O) groups excluding carboxylic acids is 3. The van der Waals surface area contributed by atoms with E-state index in [1.807, 2.05) is 24.3 Å². The SMILES string of the molecule is O=C(Cc1csc(NC(=O)c2ccccc2)n1)NNC(=O)c1ccc2ccccc2n1. The monoisotopic (exact) mass is 431 g/mol. The number of para-hydroxylation sites is 1. The molecule has 9 heteroatoms. The van der Waals surface area contributed by atoms with Crippen molar-refractivity contribution in [3.8, 4) is 0 Å². The number of aromatic nitrogens is 2. The average Bonchev–Trinajstić information content (AvgIpc) is 3.24. The summed E-state index contributed by atoms with van der Waals surface area (Å²) in [6.07, 6.45) is -0.0524. The molecule has 0 aliphatic rings. The summed E-state index contributed by atoms with van der Waals surface area (Å²) in [5.74, 6) is -1.24. The molecule has 154 valence electrons. The number of rotatable bonds is 5. The molecule has 3 amide bonds. The van der Waals surface area contributed by atoms with Gasteiger partial charge in [-0.25, -0.2) is 9.97 Å². The molecule has 0 saturated heterocycles. The van der Waals surface area contributed by atoms with Gasteiger partial charge in [-0.15, -0.1) is 11.3 Å². The molecule has 0 bridgehead atoms. The van der Waals surface area contributed by atoms with E-state index in [1.54, 1.807) is 47.8 Å². The summed E-state index contributed by atoms with van der Waals surface area (Å²) in [4.78, 5) is 45.1. The van der Waals surface area contributed by atoms with Gasteiger partial charge in [-0.05, 0) is 24.3 Å². The number of nitrogens with zero attached hydrogens (tertiary/aromatic N) is 2. The maximum Gasteiger partial charge on any atom is 0.288 e. The first kappa shape index (κ1) is 20.2. The number of hydrogen-bond acceptors (Lipinski definition) is 6. The normalized spacial score (nSPS) is 10.5. The van der Waals surface area contributed by atoms with Gasteiger partial charge in [0, 0.05) is 16.3 Å². The van der Waals surface area contributed by atoms with Crippen LogP contribution in [0.2, 0.25) is 0 Å². The number of anilines is 1. The van der Waals surface area contributed by atoms with Crippen LogP contribution in [0.15, 0.2) is 72.1 Å². The molecular formula is C22H17N5O3S. The van der Waals surface area contributed by atoms with Crippen molar-refractivity contribution in [1.82, 2.24) is 20.8 Å². The van der Waals surface area contributed by atoms with Gasteiger partial charge in [0.05, 0.1) is 17.6 Å². The summed E-state index contributed by atoms with van der Waals surface area (Å²) in [5, 5.41) is 5.68. The Morgan fingerprint density at radius 1 is 0.806 bits per heavy atom. The van der Waals surface area contributed by atoms with Crippen LogP contribution in [0.1, 0.15) is 26.5 Å². The van der Waals surface area contributed by atoms with Crippen LogP contribution in [-0.2, 0) is 11.2 Å². The van der Waals surface area contributed by atoms with Crippen LogP contribution in [0.4, 0.5) is 5.13 Å². The fraction of sp³-hybridized carbons (Fsp3) is 0.0455. The van der Waals surface area contributed by atoms with Crippen molar-refractivity contribution in [3.05, 3.63) is 89.1 Å². The third-order valence-electron chi connectivity index (χ3n) is 4.30. The standard InChI is InChI=1S/C22H17N5O3S/c28-19(26-27-21(30)18-11-10-14-6-4-5-9-17(14)24-18)12-16-13-31-22(23-16)25-20(29)15-7-2-1-3-8-15/h1-11,13H,12H2,(H,26,28)(H,27,30)(H,23,25,29). The highest BCUT2D eigenvalue weighted by Gasteiger charge is 2.13. The van der Waals surface area contributed by atoms with Crippen molar-refractivity contribution < 1.29 is 14.4 Å². The fourth-order valence-corrected chi connectivity index (χ4v) is 3.50. The zero-order chi connectivity index (χ0) is 21.6.